The lowest BCUT2D eigenvalue weighted by molar-refractivity contribution is -0.385. The maximum Gasteiger partial charge on any atom is 0.290 e. The molecule has 3 aromatic rings. The molecule has 0 unspecified atom stereocenters. The molecule has 4 rings (SSSR count). The SMILES string of the molecule is Cc1cc(N2CCC(c3nc(-c4ccccc4)no3)CC2)ncc1[N+](=O)[O-]. The molecule has 1 aliphatic heterocycles. The van der Waals surface area contributed by atoms with E-state index >= 15 is 0 Å². The van der Waals surface area contributed by atoms with Gasteiger partial charge in [0.2, 0.25) is 11.7 Å². The largest absolute Gasteiger partial charge is 0.357 e. The van der Waals surface area contributed by atoms with Crippen LogP contribution in [0, 0.1) is 17.0 Å². The number of nitrogens with zero attached hydrogens (tertiary/aromatic N) is 5. The lowest BCUT2D eigenvalue weighted by Gasteiger charge is -2.31. The molecule has 0 aliphatic carbocycles. The first-order valence-corrected chi connectivity index (χ1v) is 8.87. The van der Waals surface area contributed by atoms with E-state index in [1.165, 1.54) is 6.20 Å². The fraction of sp³-hybridized carbons (Fsp3) is 0.316. The first kappa shape index (κ1) is 17.1. The predicted molar refractivity (Wildman–Crippen MR) is 99.6 cm³/mol. The molecule has 27 heavy (non-hydrogen) atoms. The zero-order valence-electron chi connectivity index (χ0n) is 14.9. The van der Waals surface area contributed by atoms with Crippen molar-refractivity contribution in [3.8, 4) is 11.4 Å². The number of aryl methyl sites for hydroxylation is 1. The summed E-state index contributed by atoms with van der Waals surface area (Å²) in [6.45, 7) is 3.32. The van der Waals surface area contributed by atoms with Crippen molar-refractivity contribution in [1.29, 1.82) is 0 Å². The van der Waals surface area contributed by atoms with E-state index < -0.39 is 4.92 Å². The van der Waals surface area contributed by atoms with E-state index in [0.717, 1.165) is 37.3 Å². The maximum absolute atomic E-state index is 10.9. The monoisotopic (exact) mass is 365 g/mol. The summed E-state index contributed by atoms with van der Waals surface area (Å²) < 4.78 is 5.49. The van der Waals surface area contributed by atoms with Crippen LogP contribution < -0.4 is 4.90 Å². The summed E-state index contributed by atoms with van der Waals surface area (Å²) in [5.41, 5.74) is 1.61. The summed E-state index contributed by atoms with van der Waals surface area (Å²) in [7, 11) is 0. The summed E-state index contributed by atoms with van der Waals surface area (Å²) in [6, 6.07) is 11.5. The van der Waals surface area contributed by atoms with E-state index in [1.54, 1.807) is 13.0 Å². The van der Waals surface area contributed by atoms with Crippen molar-refractivity contribution in [3.63, 3.8) is 0 Å². The summed E-state index contributed by atoms with van der Waals surface area (Å²) in [4.78, 5) is 21.5. The van der Waals surface area contributed by atoms with Gasteiger partial charge in [0.25, 0.3) is 5.69 Å². The van der Waals surface area contributed by atoms with Gasteiger partial charge in [-0.25, -0.2) is 4.98 Å². The third-order valence-corrected chi connectivity index (χ3v) is 4.91. The Morgan fingerprint density at radius 1 is 1.22 bits per heavy atom. The number of aromatic nitrogens is 3. The highest BCUT2D eigenvalue weighted by molar-refractivity contribution is 5.53. The molecule has 138 valence electrons. The Labute approximate surface area is 156 Å². The van der Waals surface area contributed by atoms with Gasteiger partial charge in [-0.05, 0) is 25.8 Å². The van der Waals surface area contributed by atoms with Crippen LogP contribution >= 0.6 is 0 Å². The standard InChI is InChI=1S/C19H19N5O3/c1-13-11-17(20-12-16(13)24(25)26)23-9-7-15(8-10-23)19-21-18(22-27-19)14-5-3-2-4-6-14/h2-6,11-12,15H,7-10H2,1H3. The van der Waals surface area contributed by atoms with Crippen molar-refractivity contribution >= 4 is 11.5 Å². The molecule has 0 bridgehead atoms. The molecule has 0 saturated carbocycles. The Bertz CT molecular complexity index is 949. The van der Waals surface area contributed by atoms with Gasteiger partial charge in [-0.15, -0.1) is 0 Å². The predicted octanol–water partition coefficient (Wildman–Crippen LogP) is 3.73. The zero-order chi connectivity index (χ0) is 18.8. The normalized spacial score (nSPS) is 15.1. The van der Waals surface area contributed by atoms with Gasteiger partial charge in [0.05, 0.1) is 4.92 Å². The first-order chi connectivity index (χ1) is 13.1. The minimum Gasteiger partial charge on any atom is -0.357 e. The molecular weight excluding hydrogens is 346 g/mol. The van der Waals surface area contributed by atoms with Crippen LogP contribution in [-0.2, 0) is 0 Å². The van der Waals surface area contributed by atoms with Gasteiger partial charge in [0, 0.05) is 30.1 Å². The maximum atomic E-state index is 10.9. The highest BCUT2D eigenvalue weighted by atomic mass is 16.6. The van der Waals surface area contributed by atoms with Crippen LogP contribution in [0.2, 0.25) is 0 Å². The molecule has 0 N–H and O–H groups in total. The van der Waals surface area contributed by atoms with Crippen molar-refractivity contribution in [2.75, 3.05) is 18.0 Å². The second kappa shape index (κ2) is 7.14. The Morgan fingerprint density at radius 2 is 1.96 bits per heavy atom. The van der Waals surface area contributed by atoms with Gasteiger partial charge in [-0.3, -0.25) is 10.1 Å². The Morgan fingerprint density at radius 3 is 2.63 bits per heavy atom. The molecule has 2 aromatic heterocycles. The quantitative estimate of drug-likeness (QED) is 0.513. The van der Waals surface area contributed by atoms with E-state index in [0.29, 0.717) is 17.3 Å². The van der Waals surface area contributed by atoms with Crippen molar-refractivity contribution in [2.24, 2.45) is 0 Å². The van der Waals surface area contributed by atoms with Gasteiger partial charge in [-0.1, -0.05) is 35.5 Å². The molecule has 1 aliphatic rings. The third-order valence-electron chi connectivity index (χ3n) is 4.91. The second-order valence-electron chi connectivity index (χ2n) is 6.67. The van der Waals surface area contributed by atoms with Gasteiger partial charge in [0.1, 0.15) is 12.0 Å². The minimum atomic E-state index is -0.405. The molecule has 0 spiro atoms. The fourth-order valence-corrected chi connectivity index (χ4v) is 3.36. The van der Waals surface area contributed by atoms with Gasteiger partial charge < -0.3 is 9.42 Å². The second-order valence-corrected chi connectivity index (χ2v) is 6.67. The average Bonchev–Trinajstić information content (AvgIpc) is 3.19. The van der Waals surface area contributed by atoms with Gasteiger partial charge in [-0.2, -0.15) is 4.98 Å². The molecule has 1 saturated heterocycles. The van der Waals surface area contributed by atoms with Crippen LogP contribution in [0.4, 0.5) is 11.5 Å². The molecule has 8 heteroatoms. The molecule has 3 heterocycles. The molecule has 0 atom stereocenters. The van der Waals surface area contributed by atoms with Crippen molar-refractivity contribution in [2.45, 2.75) is 25.7 Å². The fourth-order valence-electron chi connectivity index (χ4n) is 3.36. The van der Waals surface area contributed by atoms with Crippen LogP contribution in [0.15, 0.2) is 47.1 Å². The van der Waals surface area contributed by atoms with Gasteiger partial charge in [0.15, 0.2) is 0 Å². The minimum absolute atomic E-state index is 0.0490. The van der Waals surface area contributed by atoms with E-state index in [-0.39, 0.29) is 11.6 Å². The molecule has 1 fully saturated rings. The number of hydrogen-bond donors (Lipinski definition) is 0. The van der Waals surface area contributed by atoms with E-state index in [1.807, 2.05) is 30.3 Å². The van der Waals surface area contributed by atoms with E-state index in [4.69, 9.17) is 4.52 Å². The molecule has 8 nitrogen and oxygen atoms in total. The number of piperidine rings is 1. The Balaban J connectivity index is 1.43. The lowest BCUT2D eigenvalue weighted by atomic mass is 9.96. The van der Waals surface area contributed by atoms with Gasteiger partial charge >= 0.3 is 0 Å². The summed E-state index contributed by atoms with van der Waals surface area (Å²) in [6.07, 6.45) is 3.07. The van der Waals surface area contributed by atoms with Crippen molar-refractivity contribution in [1.82, 2.24) is 15.1 Å². The smallest absolute Gasteiger partial charge is 0.290 e. The summed E-state index contributed by atoms with van der Waals surface area (Å²) in [5, 5.41) is 15.0. The average molecular weight is 365 g/mol. The highest BCUT2D eigenvalue weighted by Crippen LogP contribution is 2.31. The highest BCUT2D eigenvalue weighted by Gasteiger charge is 2.26. The zero-order valence-corrected chi connectivity index (χ0v) is 14.9. The van der Waals surface area contributed by atoms with Crippen molar-refractivity contribution in [3.05, 3.63) is 64.2 Å². The number of rotatable bonds is 4. The first-order valence-electron chi connectivity index (χ1n) is 8.87. The van der Waals surface area contributed by atoms with Crippen LogP contribution in [0.5, 0.6) is 0 Å². The Kier molecular flexibility index (Phi) is 4.53. The van der Waals surface area contributed by atoms with Crippen LogP contribution in [0.25, 0.3) is 11.4 Å². The third kappa shape index (κ3) is 3.51. The number of pyridine rings is 1. The summed E-state index contributed by atoms with van der Waals surface area (Å²) >= 11 is 0. The molecule has 0 amide bonds. The van der Waals surface area contributed by atoms with Crippen LogP contribution in [0.3, 0.4) is 0 Å². The van der Waals surface area contributed by atoms with E-state index in [9.17, 15) is 10.1 Å². The number of nitro groups is 1. The molecular formula is C19H19N5O3. The number of anilines is 1. The lowest BCUT2D eigenvalue weighted by Crippen LogP contribution is -2.33. The number of benzene rings is 1. The molecule has 0 radical (unpaired) electrons. The number of hydrogen-bond acceptors (Lipinski definition) is 7. The summed E-state index contributed by atoms with van der Waals surface area (Å²) in [5.74, 6) is 2.26. The van der Waals surface area contributed by atoms with E-state index in [2.05, 4.69) is 20.0 Å². The van der Waals surface area contributed by atoms with Crippen molar-refractivity contribution < 1.29 is 9.45 Å². The van der Waals surface area contributed by atoms with Crippen LogP contribution in [0.1, 0.15) is 30.2 Å². The topological polar surface area (TPSA) is 98.2 Å². The van der Waals surface area contributed by atoms with Crippen LogP contribution in [-0.4, -0.2) is 33.1 Å². The molecule has 1 aromatic carbocycles. The Hall–Kier alpha value is -3.29.